The summed E-state index contributed by atoms with van der Waals surface area (Å²) in [6.07, 6.45) is 0. The van der Waals surface area contributed by atoms with Crippen molar-refractivity contribution in [2.75, 3.05) is 0 Å². The van der Waals surface area contributed by atoms with Crippen molar-refractivity contribution in [1.29, 1.82) is 0 Å². The Bertz CT molecular complexity index is 59.8. The maximum atomic E-state index is 9.85. The molecule has 2 nitrogen and oxygen atoms in total. The smallest absolute Gasteiger partial charge is 0.212 e. The minimum atomic E-state index is -1.91. The summed E-state index contributed by atoms with van der Waals surface area (Å²) >= 11 is 0. The topological polar surface area (TPSA) is 37.3 Å². The van der Waals surface area contributed by atoms with Gasteiger partial charge < -0.3 is 4.89 Å². The molecule has 0 amide bonds. The van der Waals surface area contributed by atoms with E-state index >= 15 is 0 Å². The van der Waals surface area contributed by atoms with Gasteiger partial charge in [0.25, 0.3) is 0 Å². The Balaban J connectivity index is 3.26. The molecule has 0 spiro atoms. The van der Waals surface area contributed by atoms with E-state index < -0.39 is 8.03 Å². The van der Waals surface area contributed by atoms with Crippen LogP contribution in [0.15, 0.2) is 0 Å². The van der Waals surface area contributed by atoms with Gasteiger partial charge in [0.1, 0.15) is 0 Å². The van der Waals surface area contributed by atoms with Gasteiger partial charge in [0, 0.05) is 5.66 Å². The van der Waals surface area contributed by atoms with Crippen molar-refractivity contribution in [3.63, 3.8) is 0 Å². The summed E-state index contributed by atoms with van der Waals surface area (Å²) in [5.74, 6) is 0. The molecular formula is C3H8O2P. The highest BCUT2D eigenvalue weighted by Crippen LogP contribution is 2.19. The van der Waals surface area contributed by atoms with Crippen LogP contribution in [-0.2, 0) is 4.57 Å². The fourth-order valence-corrected chi connectivity index (χ4v) is 0. The molecule has 0 heterocycles. The third kappa shape index (κ3) is 2.31. The third-order valence-electron chi connectivity index (χ3n) is 0.442. The van der Waals surface area contributed by atoms with Gasteiger partial charge >= 0.3 is 0 Å². The molecule has 0 aromatic carbocycles. The van der Waals surface area contributed by atoms with Crippen molar-refractivity contribution >= 4 is 8.03 Å². The van der Waals surface area contributed by atoms with Crippen LogP contribution in [-0.4, -0.2) is 10.6 Å². The lowest BCUT2D eigenvalue weighted by molar-refractivity contribution is 0.495. The molecule has 0 rings (SSSR count). The Morgan fingerprint density at radius 3 is 1.83 bits per heavy atom. The van der Waals surface area contributed by atoms with Crippen molar-refractivity contribution in [3.8, 4) is 0 Å². The van der Waals surface area contributed by atoms with Crippen LogP contribution in [0.2, 0.25) is 0 Å². The summed E-state index contributed by atoms with van der Waals surface area (Å²) in [6.45, 7) is 3.41. The average Bonchev–Trinajstić information content (AvgIpc) is 1.36. The molecule has 37 valence electrons. The first-order valence-corrected chi connectivity index (χ1v) is 3.08. The van der Waals surface area contributed by atoms with Crippen molar-refractivity contribution in [2.45, 2.75) is 19.5 Å². The molecule has 0 aromatic rings. The average molecular weight is 107 g/mol. The lowest BCUT2D eigenvalue weighted by Gasteiger charge is -1.89. The molecule has 0 fully saturated rings. The molecular weight excluding hydrogens is 99.0 g/mol. The minimum absolute atomic E-state index is 0.0833. The lowest BCUT2D eigenvalue weighted by atomic mass is 10.6. The molecule has 0 saturated heterocycles. The molecule has 0 aliphatic rings. The van der Waals surface area contributed by atoms with E-state index in [0.29, 0.717) is 0 Å². The highest BCUT2D eigenvalue weighted by molar-refractivity contribution is 7.38. The van der Waals surface area contributed by atoms with Gasteiger partial charge in [0.2, 0.25) is 8.03 Å². The Hall–Kier alpha value is 0.0600. The van der Waals surface area contributed by atoms with E-state index in [-0.39, 0.29) is 5.66 Å². The first kappa shape index (κ1) is 6.06. The van der Waals surface area contributed by atoms with E-state index in [1.54, 1.807) is 13.8 Å². The van der Waals surface area contributed by atoms with Crippen LogP contribution in [0, 0.1) is 0 Å². The number of hydrogen-bond acceptors (Lipinski definition) is 1. The second-order valence-corrected chi connectivity index (χ2v) is 3.03. The summed E-state index contributed by atoms with van der Waals surface area (Å²) < 4.78 is 9.85. The third-order valence-corrected chi connectivity index (χ3v) is 1.33. The quantitative estimate of drug-likeness (QED) is 0.510. The molecule has 1 N–H and O–H groups in total. The molecule has 0 bridgehead atoms. The van der Waals surface area contributed by atoms with Crippen LogP contribution < -0.4 is 0 Å². The maximum Gasteiger partial charge on any atom is 0.212 e. The fourth-order valence-electron chi connectivity index (χ4n) is 0. The summed E-state index contributed by atoms with van der Waals surface area (Å²) in [6, 6.07) is 0. The van der Waals surface area contributed by atoms with Crippen LogP contribution >= 0.6 is 8.03 Å². The molecule has 6 heavy (non-hydrogen) atoms. The van der Waals surface area contributed by atoms with Gasteiger partial charge in [0.15, 0.2) is 0 Å². The van der Waals surface area contributed by atoms with Gasteiger partial charge in [-0.1, -0.05) is 13.8 Å². The fraction of sp³-hybridized carbons (Fsp3) is 1.00. The first-order valence-electron chi connectivity index (χ1n) is 1.80. The van der Waals surface area contributed by atoms with E-state index in [9.17, 15) is 4.57 Å². The second-order valence-electron chi connectivity index (χ2n) is 1.40. The molecule has 0 aliphatic heterocycles. The van der Waals surface area contributed by atoms with Crippen LogP contribution in [0.25, 0.3) is 0 Å². The zero-order valence-electron chi connectivity index (χ0n) is 3.88. The second kappa shape index (κ2) is 2.27. The summed E-state index contributed by atoms with van der Waals surface area (Å²) in [5.41, 5.74) is -0.0833. The monoisotopic (exact) mass is 107 g/mol. The largest absolute Gasteiger partial charge is 0.320 e. The Kier molecular flexibility index (Phi) is 2.29. The number of rotatable bonds is 1. The van der Waals surface area contributed by atoms with Crippen molar-refractivity contribution in [1.82, 2.24) is 0 Å². The summed E-state index contributed by atoms with van der Waals surface area (Å²) in [4.78, 5) is 8.14. The van der Waals surface area contributed by atoms with Gasteiger partial charge in [-0.3, -0.25) is 4.57 Å². The Morgan fingerprint density at radius 2 is 1.83 bits per heavy atom. The van der Waals surface area contributed by atoms with Crippen molar-refractivity contribution in [2.24, 2.45) is 0 Å². The molecule has 1 unspecified atom stereocenters. The molecule has 0 aliphatic carbocycles. The number of hydrogen-bond donors (Lipinski definition) is 1. The predicted molar refractivity (Wildman–Crippen MR) is 25.0 cm³/mol. The highest BCUT2D eigenvalue weighted by atomic mass is 31.1. The van der Waals surface area contributed by atoms with Gasteiger partial charge in [-0.2, -0.15) is 0 Å². The lowest BCUT2D eigenvalue weighted by Crippen LogP contribution is -1.81. The van der Waals surface area contributed by atoms with E-state index in [0.717, 1.165) is 0 Å². The van der Waals surface area contributed by atoms with Gasteiger partial charge in [-0.15, -0.1) is 0 Å². The van der Waals surface area contributed by atoms with Crippen molar-refractivity contribution in [3.05, 3.63) is 0 Å². The Morgan fingerprint density at radius 1 is 1.67 bits per heavy atom. The van der Waals surface area contributed by atoms with Gasteiger partial charge in [-0.25, -0.2) is 0 Å². The van der Waals surface area contributed by atoms with Crippen molar-refractivity contribution < 1.29 is 9.46 Å². The Labute approximate surface area is 38.1 Å². The molecule has 0 aromatic heterocycles. The van der Waals surface area contributed by atoms with Crippen LogP contribution in [0.1, 0.15) is 13.8 Å². The van der Waals surface area contributed by atoms with E-state index in [2.05, 4.69) is 0 Å². The van der Waals surface area contributed by atoms with E-state index in [1.807, 2.05) is 0 Å². The SMILES string of the molecule is CC(C)[P](=O)O. The van der Waals surface area contributed by atoms with E-state index in [4.69, 9.17) is 4.89 Å². The standard InChI is InChI=1S/C3H8O2P/c1-3(2)6(4)5/h3H,1-2H3,(H,4,5). The predicted octanol–water partition coefficient (Wildman–Crippen LogP) is 1.13. The van der Waals surface area contributed by atoms with Crippen LogP contribution in [0.4, 0.5) is 0 Å². The first-order chi connectivity index (χ1) is 2.64. The molecule has 3 heteroatoms. The zero-order valence-corrected chi connectivity index (χ0v) is 4.77. The van der Waals surface area contributed by atoms with E-state index in [1.165, 1.54) is 0 Å². The van der Waals surface area contributed by atoms with Gasteiger partial charge in [-0.05, 0) is 0 Å². The highest BCUT2D eigenvalue weighted by Gasteiger charge is 1.96. The minimum Gasteiger partial charge on any atom is -0.320 e. The van der Waals surface area contributed by atoms with Crippen LogP contribution in [0.5, 0.6) is 0 Å². The molecule has 1 atom stereocenters. The molecule has 0 saturated carbocycles. The normalized spacial score (nSPS) is 12.3. The molecule has 1 radical (unpaired) electrons. The van der Waals surface area contributed by atoms with Crippen LogP contribution in [0.3, 0.4) is 0 Å². The van der Waals surface area contributed by atoms with Gasteiger partial charge in [0.05, 0.1) is 0 Å². The zero-order chi connectivity index (χ0) is 5.15. The maximum absolute atomic E-state index is 9.85. The summed E-state index contributed by atoms with van der Waals surface area (Å²) in [5, 5.41) is 0. The summed E-state index contributed by atoms with van der Waals surface area (Å²) in [7, 11) is -1.91.